The molecule has 0 aliphatic carbocycles. The number of aliphatic carboxylic acids is 1. The van der Waals surface area contributed by atoms with E-state index in [0.717, 1.165) is 0 Å². The van der Waals surface area contributed by atoms with Gasteiger partial charge >= 0.3 is 17.8 Å². The minimum Gasteiger partial charge on any atom is -0.481 e. The van der Waals surface area contributed by atoms with E-state index in [9.17, 15) is 27.9 Å². The van der Waals surface area contributed by atoms with Gasteiger partial charge in [0.1, 0.15) is 0 Å². The van der Waals surface area contributed by atoms with E-state index >= 15 is 0 Å². The van der Waals surface area contributed by atoms with Crippen LogP contribution in [-0.4, -0.2) is 31.5 Å². The van der Waals surface area contributed by atoms with E-state index in [2.05, 4.69) is 0 Å². The van der Waals surface area contributed by atoms with E-state index in [1.807, 2.05) is 0 Å². The number of aromatic nitrogens is 2. The average Bonchev–Trinajstić information content (AvgIpc) is 3.05. The zero-order valence-corrected chi connectivity index (χ0v) is 20.9. The maximum atomic E-state index is 14.5. The summed E-state index contributed by atoms with van der Waals surface area (Å²) in [6.07, 6.45) is -5.24. The van der Waals surface area contributed by atoms with Gasteiger partial charge in [0.2, 0.25) is 0 Å². The van der Waals surface area contributed by atoms with Gasteiger partial charge in [-0.3, -0.25) is 13.9 Å². The number of imidazole rings is 1. The highest BCUT2D eigenvalue weighted by atomic mass is 35.5. The van der Waals surface area contributed by atoms with Gasteiger partial charge in [0, 0.05) is 25.0 Å². The Balaban J connectivity index is 1.79. The summed E-state index contributed by atoms with van der Waals surface area (Å²) in [5, 5.41) is 20.3. The molecule has 10 heteroatoms. The molecule has 0 amide bonds. The lowest BCUT2D eigenvalue weighted by molar-refractivity contribution is -0.274. The molecule has 1 heterocycles. The second-order valence-corrected chi connectivity index (χ2v) is 9.50. The summed E-state index contributed by atoms with van der Waals surface area (Å²) in [6.45, 7) is 1.25. The van der Waals surface area contributed by atoms with E-state index in [0.29, 0.717) is 22.2 Å². The smallest absolute Gasteiger partial charge is 0.422 e. The van der Waals surface area contributed by atoms with Crippen molar-refractivity contribution in [2.75, 3.05) is 0 Å². The Morgan fingerprint density at radius 2 is 1.62 bits per heavy atom. The van der Waals surface area contributed by atoms with Crippen LogP contribution in [0.15, 0.2) is 65.5 Å². The Hall–Kier alpha value is -3.56. The van der Waals surface area contributed by atoms with Crippen molar-refractivity contribution in [2.45, 2.75) is 31.0 Å². The molecule has 4 aromatic rings. The first-order chi connectivity index (χ1) is 17.3. The van der Waals surface area contributed by atoms with E-state index in [-0.39, 0.29) is 22.5 Å². The third-order valence-electron chi connectivity index (χ3n) is 6.85. The first-order valence-electron chi connectivity index (χ1n) is 11.3. The fraction of sp³-hybridized carbons (Fsp3) is 0.259. The molecule has 2 N–H and O–H groups in total. The Morgan fingerprint density at radius 1 is 0.973 bits per heavy atom. The van der Waals surface area contributed by atoms with Gasteiger partial charge in [0.15, 0.2) is 5.60 Å². The number of nitrogens with zero attached hydrogens (tertiary/aromatic N) is 2. The minimum atomic E-state index is -5.07. The second-order valence-electron chi connectivity index (χ2n) is 9.10. The standard InChI is InChI=1S/C27H24ClF3N2O4/c1-15(20-9-7-18(13-21(20)28)17-6-4-5-16(11-17)12-24(34)35)26(37,27(29,30)31)19-8-10-22-23(14-19)33(3)25(36)32(22)2/h4-11,13-15,37H,12H2,1-3H3,(H,34,35)/t15-,26-/m1/s1. The lowest BCUT2D eigenvalue weighted by Gasteiger charge is -2.37. The summed E-state index contributed by atoms with van der Waals surface area (Å²) in [6, 6.07) is 15.0. The quantitative estimate of drug-likeness (QED) is 0.349. The van der Waals surface area contributed by atoms with Crippen molar-refractivity contribution in [1.29, 1.82) is 0 Å². The van der Waals surface area contributed by atoms with Gasteiger partial charge < -0.3 is 10.2 Å². The molecule has 0 saturated carbocycles. The van der Waals surface area contributed by atoms with Crippen LogP contribution >= 0.6 is 11.6 Å². The van der Waals surface area contributed by atoms with Crippen molar-refractivity contribution < 1.29 is 28.2 Å². The molecule has 0 aliphatic rings. The van der Waals surface area contributed by atoms with Gasteiger partial charge in [0.25, 0.3) is 0 Å². The van der Waals surface area contributed by atoms with Crippen LogP contribution in [0.3, 0.4) is 0 Å². The number of halogens is 4. The molecule has 0 unspecified atom stereocenters. The first kappa shape index (κ1) is 26.5. The maximum Gasteiger partial charge on any atom is 0.422 e. The van der Waals surface area contributed by atoms with Crippen LogP contribution in [0, 0.1) is 0 Å². The number of benzene rings is 3. The highest BCUT2D eigenvalue weighted by Gasteiger charge is 2.59. The summed E-state index contributed by atoms with van der Waals surface area (Å²) in [5.74, 6) is -2.50. The van der Waals surface area contributed by atoms with Crippen molar-refractivity contribution >= 4 is 28.6 Å². The third kappa shape index (κ3) is 4.53. The Morgan fingerprint density at radius 3 is 2.24 bits per heavy atom. The van der Waals surface area contributed by atoms with Crippen LogP contribution < -0.4 is 5.69 Å². The Bertz CT molecular complexity index is 1570. The predicted octanol–water partition coefficient (Wildman–Crippen LogP) is 5.38. The van der Waals surface area contributed by atoms with Gasteiger partial charge in [-0.25, -0.2) is 4.79 Å². The van der Waals surface area contributed by atoms with Crippen molar-refractivity contribution in [1.82, 2.24) is 9.13 Å². The molecule has 0 spiro atoms. The second kappa shape index (κ2) is 9.39. The number of carboxylic acid groups (broad SMARTS) is 1. The van der Waals surface area contributed by atoms with E-state index < -0.39 is 34.9 Å². The summed E-state index contributed by atoms with van der Waals surface area (Å²) < 4.78 is 46.1. The fourth-order valence-corrected chi connectivity index (χ4v) is 5.07. The number of alkyl halides is 3. The van der Waals surface area contributed by atoms with Crippen molar-refractivity contribution in [3.63, 3.8) is 0 Å². The van der Waals surface area contributed by atoms with E-state index in [1.165, 1.54) is 60.5 Å². The normalized spacial score (nSPS) is 14.5. The molecule has 194 valence electrons. The molecule has 0 saturated heterocycles. The van der Waals surface area contributed by atoms with E-state index in [1.54, 1.807) is 30.3 Å². The lowest BCUT2D eigenvalue weighted by atomic mass is 9.77. The third-order valence-corrected chi connectivity index (χ3v) is 7.18. The van der Waals surface area contributed by atoms with Crippen LogP contribution in [0.5, 0.6) is 0 Å². The average molecular weight is 533 g/mol. The minimum absolute atomic E-state index is 0.0181. The maximum absolute atomic E-state index is 14.5. The molecular formula is C27H24ClF3N2O4. The predicted molar refractivity (Wildman–Crippen MR) is 135 cm³/mol. The molecule has 3 aromatic carbocycles. The Labute approximate surface area is 215 Å². The number of carbonyl (C=O) groups is 1. The van der Waals surface area contributed by atoms with Crippen molar-refractivity contribution in [2.24, 2.45) is 14.1 Å². The van der Waals surface area contributed by atoms with Gasteiger partial charge in [-0.1, -0.05) is 61.0 Å². The number of carboxylic acids is 1. The summed E-state index contributed by atoms with van der Waals surface area (Å²) >= 11 is 6.46. The Kier molecular flexibility index (Phi) is 6.73. The molecule has 0 bridgehead atoms. The highest BCUT2D eigenvalue weighted by molar-refractivity contribution is 6.31. The first-order valence-corrected chi connectivity index (χ1v) is 11.7. The van der Waals surface area contributed by atoms with Crippen LogP contribution in [0.1, 0.15) is 29.5 Å². The number of hydrogen-bond donors (Lipinski definition) is 2. The number of aliphatic hydroxyl groups is 1. The molecule has 0 radical (unpaired) electrons. The van der Waals surface area contributed by atoms with E-state index in [4.69, 9.17) is 16.7 Å². The zero-order valence-electron chi connectivity index (χ0n) is 20.2. The van der Waals surface area contributed by atoms with Gasteiger partial charge in [-0.05, 0) is 46.0 Å². The van der Waals surface area contributed by atoms with Crippen LogP contribution in [-0.2, 0) is 30.9 Å². The fourth-order valence-electron chi connectivity index (χ4n) is 4.72. The molecule has 6 nitrogen and oxygen atoms in total. The van der Waals surface area contributed by atoms with Crippen molar-refractivity contribution in [3.8, 4) is 11.1 Å². The summed E-state index contributed by atoms with van der Waals surface area (Å²) in [4.78, 5) is 23.3. The topological polar surface area (TPSA) is 84.5 Å². The molecule has 2 atom stereocenters. The molecule has 37 heavy (non-hydrogen) atoms. The van der Waals surface area contributed by atoms with Gasteiger partial charge in [0.05, 0.1) is 17.5 Å². The lowest BCUT2D eigenvalue weighted by Crippen LogP contribution is -2.46. The molecule has 0 aliphatic heterocycles. The highest BCUT2D eigenvalue weighted by Crippen LogP contribution is 2.50. The number of aryl methyl sites for hydroxylation is 2. The van der Waals surface area contributed by atoms with Crippen LogP contribution in [0.25, 0.3) is 22.2 Å². The molecule has 0 fully saturated rings. The number of rotatable bonds is 6. The SMILES string of the molecule is C[C@H](c1ccc(-c2cccc(CC(=O)O)c2)cc1Cl)[C@@](O)(c1ccc2c(c1)n(C)c(=O)n2C)C(F)(F)F. The number of hydrogen-bond acceptors (Lipinski definition) is 3. The number of fused-ring (bicyclic) bond motifs is 1. The van der Waals surface area contributed by atoms with Crippen LogP contribution in [0.4, 0.5) is 13.2 Å². The van der Waals surface area contributed by atoms with Gasteiger partial charge in [-0.2, -0.15) is 13.2 Å². The molecule has 1 aromatic heterocycles. The summed E-state index contributed by atoms with van der Waals surface area (Å²) in [5.41, 5.74) is -1.55. The van der Waals surface area contributed by atoms with Crippen LogP contribution in [0.2, 0.25) is 5.02 Å². The van der Waals surface area contributed by atoms with Gasteiger partial charge in [-0.15, -0.1) is 0 Å². The summed E-state index contributed by atoms with van der Waals surface area (Å²) in [7, 11) is 2.97. The monoisotopic (exact) mass is 532 g/mol. The zero-order chi connectivity index (χ0) is 27.3. The molecular weight excluding hydrogens is 509 g/mol. The van der Waals surface area contributed by atoms with Crippen molar-refractivity contribution in [3.05, 3.63) is 92.9 Å². The molecule has 4 rings (SSSR count). The largest absolute Gasteiger partial charge is 0.481 e.